The summed E-state index contributed by atoms with van der Waals surface area (Å²) in [6, 6.07) is 7.31. The number of rotatable bonds is 4. The summed E-state index contributed by atoms with van der Waals surface area (Å²) in [5.41, 5.74) is 0. The third kappa shape index (κ3) is 4.33. The number of ether oxygens (including phenoxy) is 3. The fraction of sp³-hybridized carbons (Fsp3) is 0.529. The van der Waals surface area contributed by atoms with Crippen molar-refractivity contribution in [1.82, 2.24) is 15.1 Å². The van der Waals surface area contributed by atoms with E-state index in [1.165, 1.54) is 7.11 Å². The fourth-order valence-corrected chi connectivity index (χ4v) is 2.88. The van der Waals surface area contributed by atoms with E-state index >= 15 is 0 Å². The number of hydrogen-bond acceptors (Lipinski definition) is 6. The topological polar surface area (TPSA) is 80.3 Å². The number of methoxy groups -OCH3 is 1. The maximum absolute atomic E-state index is 12.2. The second kappa shape index (κ2) is 8.06. The summed E-state index contributed by atoms with van der Waals surface area (Å²) >= 11 is 0. The number of carbonyl (C=O) groups excluding carboxylic acids is 2. The lowest BCUT2D eigenvalue weighted by molar-refractivity contribution is -0.130. The van der Waals surface area contributed by atoms with Crippen molar-refractivity contribution in [1.29, 1.82) is 0 Å². The van der Waals surface area contributed by atoms with E-state index in [2.05, 4.69) is 10.2 Å². The number of fused-ring (bicyclic) bond motifs is 1. The number of carbonyl (C=O) groups is 2. The number of amides is 2. The molecule has 8 heteroatoms. The van der Waals surface area contributed by atoms with Crippen LogP contribution in [0, 0.1) is 0 Å². The first-order valence-corrected chi connectivity index (χ1v) is 8.39. The molecule has 2 heterocycles. The van der Waals surface area contributed by atoms with Crippen molar-refractivity contribution in [2.24, 2.45) is 0 Å². The zero-order valence-electron chi connectivity index (χ0n) is 14.3. The van der Waals surface area contributed by atoms with Gasteiger partial charge in [0.2, 0.25) is 6.10 Å². The van der Waals surface area contributed by atoms with Crippen LogP contribution < -0.4 is 14.8 Å². The molecule has 0 aliphatic carbocycles. The zero-order valence-corrected chi connectivity index (χ0v) is 14.3. The first kappa shape index (κ1) is 17.3. The Hall–Kier alpha value is -2.48. The average molecular weight is 349 g/mol. The van der Waals surface area contributed by atoms with Crippen LogP contribution in [0.3, 0.4) is 0 Å². The highest BCUT2D eigenvalue weighted by Crippen LogP contribution is 2.30. The van der Waals surface area contributed by atoms with Gasteiger partial charge in [-0.05, 0) is 12.1 Å². The van der Waals surface area contributed by atoms with Crippen LogP contribution in [-0.4, -0.2) is 80.9 Å². The van der Waals surface area contributed by atoms with Gasteiger partial charge in [-0.3, -0.25) is 9.69 Å². The predicted molar refractivity (Wildman–Crippen MR) is 89.8 cm³/mol. The monoisotopic (exact) mass is 349 g/mol. The lowest BCUT2D eigenvalue weighted by Crippen LogP contribution is -2.51. The fourth-order valence-electron chi connectivity index (χ4n) is 2.88. The minimum absolute atomic E-state index is 0.178. The second-order valence-corrected chi connectivity index (χ2v) is 5.95. The maximum atomic E-state index is 12.2. The standard InChI is InChI=1S/C17H23N3O5/c1-23-17(22)20-10-8-19(9-11-20)7-6-18-16(21)15-12-24-13-4-2-3-5-14(13)25-15/h2-5,15H,6-12H2,1H3,(H,18,21). The molecular formula is C17H23N3O5. The molecule has 1 unspecified atom stereocenters. The van der Waals surface area contributed by atoms with Gasteiger partial charge < -0.3 is 24.4 Å². The molecule has 1 aromatic rings. The first-order chi connectivity index (χ1) is 12.2. The Morgan fingerprint density at radius 3 is 2.64 bits per heavy atom. The summed E-state index contributed by atoms with van der Waals surface area (Å²) in [7, 11) is 1.39. The molecule has 3 rings (SSSR count). The van der Waals surface area contributed by atoms with Crippen LogP contribution in [0.1, 0.15) is 0 Å². The Morgan fingerprint density at radius 2 is 1.92 bits per heavy atom. The van der Waals surface area contributed by atoms with Crippen LogP contribution in [0.15, 0.2) is 24.3 Å². The lowest BCUT2D eigenvalue weighted by Gasteiger charge is -2.33. The number of para-hydroxylation sites is 2. The largest absolute Gasteiger partial charge is 0.485 e. The number of benzene rings is 1. The molecule has 1 aromatic carbocycles. The van der Waals surface area contributed by atoms with E-state index in [1.54, 1.807) is 11.0 Å². The number of hydrogen-bond donors (Lipinski definition) is 1. The Bertz CT molecular complexity index is 616. The molecule has 136 valence electrons. The van der Waals surface area contributed by atoms with Gasteiger partial charge in [-0.25, -0.2) is 4.79 Å². The van der Waals surface area contributed by atoms with Gasteiger partial charge in [0.05, 0.1) is 7.11 Å². The molecule has 0 aromatic heterocycles. The van der Waals surface area contributed by atoms with Crippen molar-refractivity contribution < 1.29 is 23.8 Å². The van der Waals surface area contributed by atoms with Crippen LogP contribution in [0.5, 0.6) is 11.5 Å². The van der Waals surface area contributed by atoms with E-state index in [0.717, 1.165) is 19.6 Å². The summed E-state index contributed by atoms with van der Waals surface area (Å²) in [6.07, 6.45) is -0.922. The molecule has 0 saturated carbocycles. The van der Waals surface area contributed by atoms with E-state index in [0.29, 0.717) is 31.1 Å². The third-order valence-electron chi connectivity index (χ3n) is 4.33. The van der Waals surface area contributed by atoms with E-state index in [9.17, 15) is 9.59 Å². The summed E-state index contributed by atoms with van der Waals surface area (Å²) < 4.78 is 15.9. The highest BCUT2D eigenvalue weighted by Gasteiger charge is 2.27. The molecule has 1 saturated heterocycles. The SMILES string of the molecule is COC(=O)N1CCN(CCNC(=O)C2COc3ccccc3O2)CC1. The summed E-state index contributed by atoms with van der Waals surface area (Å²) in [5.74, 6) is 1.07. The van der Waals surface area contributed by atoms with Crippen LogP contribution in [0.25, 0.3) is 0 Å². The van der Waals surface area contributed by atoms with Gasteiger partial charge in [-0.15, -0.1) is 0 Å². The smallest absolute Gasteiger partial charge is 0.409 e. The van der Waals surface area contributed by atoms with Crippen molar-refractivity contribution in [3.8, 4) is 11.5 Å². The van der Waals surface area contributed by atoms with E-state index in [1.807, 2.05) is 18.2 Å². The molecule has 1 fully saturated rings. The molecule has 2 aliphatic rings. The molecule has 25 heavy (non-hydrogen) atoms. The van der Waals surface area contributed by atoms with Gasteiger partial charge in [-0.2, -0.15) is 0 Å². The minimum atomic E-state index is -0.633. The molecule has 1 N–H and O–H groups in total. The molecule has 2 aliphatic heterocycles. The summed E-state index contributed by atoms with van der Waals surface area (Å²) in [4.78, 5) is 27.5. The van der Waals surface area contributed by atoms with Gasteiger partial charge in [0, 0.05) is 39.3 Å². The van der Waals surface area contributed by atoms with Crippen molar-refractivity contribution >= 4 is 12.0 Å². The molecular weight excluding hydrogens is 326 g/mol. The number of nitrogens with one attached hydrogen (secondary N) is 1. The van der Waals surface area contributed by atoms with Crippen LogP contribution in [-0.2, 0) is 9.53 Å². The quantitative estimate of drug-likeness (QED) is 0.844. The van der Waals surface area contributed by atoms with Crippen LogP contribution in [0.4, 0.5) is 4.79 Å². The van der Waals surface area contributed by atoms with Gasteiger partial charge in [0.25, 0.3) is 5.91 Å². The molecule has 0 spiro atoms. The van der Waals surface area contributed by atoms with Crippen molar-refractivity contribution in [3.63, 3.8) is 0 Å². The molecule has 2 amide bonds. The van der Waals surface area contributed by atoms with E-state index in [4.69, 9.17) is 14.2 Å². The Kier molecular flexibility index (Phi) is 5.60. The Balaban J connectivity index is 1.37. The van der Waals surface area contributed by atoms with Crippen molar-refractivity contribution in [2.45, 2.75) is 6.10 Å². The zero-order chi connectivity index (χ0) is 17.6. The molecule has 0 radical (unpaired) electrons. The van der Waals surface area contributed by atoms with Gasteiger partial charge in [0.1, 0.15) is 6.61 Å². The highest BCUT2D eigenvalue weighted by molar-refractivity contribution is 5.81. The maximum Gasteiger partial charge on any atom is 0.409 e. The van der Waals surface area contributed by atoms with Crippen LogP contribution in [0.2, 0.25) is 0 Å². The van der Waals surface area contributed by atoms with Crippen LogP contribution >= 0.6 is 0 Å². The summed E-state index contributed by atoms with van der Waals surface area (Å²) in [6.45, 7) is 4.26. The molecule has 1 atom stereocenters. The van der Waals surface area contributed by atoms with Crippen molar-refractivity contribution in [2.75, 3.05) is 53.0 Å². The third-order valence-corrected chi connectivity index (χ3v) is 4.33. The number of nitrogens with zero attached hydrogens (tertiary/aromatic N) is 2. The van der Waals surface area contributed by atoms with E-state index < -0.39 is 6.10 Å². The first-order valence-electron chi connectivity index (χ1n) is 8.39. The normalized spacial score (nSPS) is 20.0. The second-order valence-electron chi connectivity index (χ2n) is 5.95. The predicted octanol–water partition coefficient (Wildman–Crippen LogP) is 0.327. The minimum Gasteiger partial charge on any atom is -0.485 e. The van der Waals surface area contributed by atoms with Gasteiger partial charge in [0.15, 0.2) is 11.5 Å². The molecule has 0 bridgehead atoms. The molecule has 8 nitrogen and oxygen atoms in total. The average Bonchev–Trinajstić information content (AvgIpc) is 2.67. The Morgan fingerprint density at radius 1 is 1.20 bits per heavy atom. The summed E-state index contributed by atoms with van der Waals surface area (Å²) in [5, 5.41) is 2.88. The lowest BCUT2D eigenvalue weighted by atomic mass is 10.2. The van der Waals surface area contributed by atoms with Gasteiger partial charge in [-0.1, -0.05) is 12.1 Å². The highest BCUT2D eigenvalue weighted by atomic mass is 16.6. The van der Waals surface area contributed by atoms with E-state index in [-0.39, 0.29) is 18.6 Å². The Labute approximate surface area is 146 Å². The van der Waals surface area contributed by atoms with Gasteiger partial charge >= 0.3 is 6.09 Å². The van der Waals surface area contributed by atoms with Crippen molar-refractivity contribution in [3.05, 3.63) is 24.3 Å². The number of piperazine rings is 1.